The van der Waals surface area contributed by atoms with E-state index in [4.69, 9.17) is 4.74 Å². The van der Waals surface area contributed by atoms with Gasteiger partial charge in [-0.05, 0) is 12.3 Å². The predicted molar refractivity (Wildman–Crippen MR) is 73.8 cm³/mol. The average Bonchev–Trinajstić information content (AvgIpc) is 2.85. The van der Waals surface area contributed by atoms with Gasteiger partial charge in [0.15, 0.2) is 0 Å². The second-order valence-electron chi connectivity index (χ2n) is 5.16. The zero-order valence-electron chi connectivity index (χ0n) is 11.4. The quantitative estimate of drug-likeness (QED) is 0.810. The lowest BCUT2D eigenvalue weighted by Crippen LogP contribution is -2.15. The zero-order valence-corrected chi connectivity index (χ0v) is 11.4. The Morgan fingerprint density at radius 1 is 1.39 bits per heavy atom. The van der Waals surface area contributed by atoms with Crippen molar-refractivity contribution in [2.45, 2.75) is 45.1 Å². The van der Waals surface area contributed by atoms with Gasteiger partial charge in [-0.15, -0.1) is 0 Å². The summed E-state index contributed by atoms with van der Waals surface area (Å²) in [5.41, 5.74) is 0. The Hall–Kier alpha value is -1.03. The maximum Gasteiger partial charge on any atom is 0.202 e. The van der Waals surface area contributed by atoms with Crippen molar-refractivity contribution in [2.24, 2.45) is 5.92 Å². The lowest BCUT2D eigenvalue weighted by atomic mass is 9.87. The molecule has 1 aliphatic carbocycles. The van der Waals surface area contributed by atoms with E-state index in [-0.39, 0.29) is 0 Å². The minimum Gasteiger partial charge on any atom is -0.383 e. The Morgan fingerprint density at radius 3 is 3.00 bits per heavy atom. The number of imidazole rings is 1. The van der Waals surface area contributed by atoms with Crippen LogP contribution in [0.3, 0.4) is 0 Å². The number of nitrogens with one attached hydrogen (secondary N) is 1. The zero-order chi connectivity index (χ0) is 12.6. The SMILES string of the molecule is COCCn1ccnc1NCCC1CCCCC1. The van der Waals surface area contributed by atoms with Crippen LogP contribution in [0, 0.1) is 5.92 Å². The van der Waals surface area contributed by atoms with Crippen LogP contribution in [0.25, 0.3) is 0 Å². The highest BCUT2D eigenvalue weighted by Gasteiger charge is 2.13. The third-order valence-electron chi connectivity index (χ3n) is 3.81. The molecule has 1 aliphatic rings. The lowest BCUT2D eigenvalue weighted by Gasteiger charge is -2.21. The van der Waals surface area contributed by atoms with E-state index in [1.807, 2.05) is 12.4 Å². The van der Waals surface area contributed by atoms with E-state index >= 15 is 0 Å². The van der Waals surface area contributed by atoms with Gasteiger partial charge in [-0.3, -0.25) is 0 Å². The number of ether oxygens (including phenoxy) is 1. The molecule has 0 aromatic carbocycles. The highest BCUT2D eigenvalue weighted by molar-refractivity contribution is 5.25. The minimum absolute atomic E-state index is 0.730. The topological polar surface area (TPSA) is 39.1 Å². The van der Waals surface area contributed by atoms with E-state index < -0.39 is 0 Å². The summed E-state index contributed by atoms with van der Waals surface area (Å²) < 4.78 is 7.21. The molecule has 0 amide bonds. The van der Waals surface area contributed by atoms with E-state index in [2.05, 4.69) is 14.9 Å². The van der Waals surface area contributed by atoms with Gasteiger partial charge < -0.3 is 14.6 Å². The highest BCUT2D eigenvalue weighted by Crippen LogP contribution is 2.26. The van der Waals surface area contributed by atoms with Crippen molar-refractivity contribution < 1.29 is 4.74 Å². The van der Waals surface area contributed by atoms with Gasteiger partial charge in [0, 0.05) is 32.6 Å². The third kappa shape index (κ3) is 4.02. The van der Waals surface area contributed by atoms with Gasteiger partial charge in [-0.25, -0.2) is 4.98 Å². The lowest BCUT2D eigenvalue weighted by molar-refractivity contribution is 0.187. The van der Waals surface area contributed by atoms with E-state index in [0.717, 1.165) is 31.6 Å². The number of hydrogen-bond donors (Lipinski definition) is 1. The van der Waals surface area contributed by atoms with Crippen LogP contribution in [-0.2, 0) is 11.3 Å². The molecule has 0 radical (unpaired) electrons. The molecule has 1 heterocycles. The van der Waals surface area contributed by atoms with E-state index in [1.165, 1.54) is 38.5 Å². The predicted octanol–water partition coefficient (Wildman–Crippen LogP) is 2.91. The Labute approximate surface area is 110 Å². The van der Waals surface area contributed by atoms with Gasteiger partial charge >= 0.3 is 0 Å². The maximum absolute atomic E-state index is 5.09. The summed E-state index contributed by atoms with van der Waals surface area (Å²) in [6.07, 6.45) is 12.2. The molecule has 102 valence electrons. The van der Waals surface area contributed by atoms with Gasteiger partial charge in [0.05, 0.1) is 6.61 Å². The Morgan fingerprint density at radius 2 is 2.22 bits per heavy atom. The normalized spacial score (nSPS) is 16.9. The first-order chi connectivity index (χ1) is 8.90. The molecule has 1 fully saturated rings. The summed E-state index contributed by atoms with van der Waals surface area (Å²) in [6.45, 7) is 2.63. The van der Waals surface area contributed by atoms with Crippen LogP contribution in [0.4, 0.5) is 5.95 Å². The van der Waals surface area contributed by atoms with Crippen LogP contribution in [0.5, 0.6) is 0 Å². The first-order valence-electron chi connectivity index (χ1n) is 7.14. The second-order valence-corrected chi connectivity index (χ2v) is 5.16. The summed E-state index contributed by atoms with van der Waals surface area (Å²) in [6, 6.07) is 0. The number of hydrogen-bond acceptors (Lipinski definition) is 3. The number of anilines is 1. The fourth-order valence-corrected chi connectivity index (χ4v) is 2.71. The average molecular weight is 251 g/mol. The Balaban J connectivity index is 1.70. The molecule has 4 heteroatoms. The fourth-order valence-electron chi connectivity index (χ4n) is 2.71. The monoisotopic (exact) mass is 251 g/mol. The molecule has 1 aromatic heterocycles. The first-order valence-corrected chi connectivity index (χ1v) is 7.14. The molecule has 0 unspecified atom stereocenters. The van der Waals surface area contributed by atoms with Crippen molar-refractivity contribution in [3.8, 4) is 0 Å². The molecule has 2 rings (SSSR count). The largest absolute Gasteiger partial charge is 0.383 e. The van der Waals surface area contributed by atoms with Crippen molar-refractivity contribution >= 4 is 5.95 Å². The van der Waals surface area contributed by atoms with Crippen LogP contribution >= 0.6 is 0 Å². The van der Waals surface area contributed by atoms with Gasteiger partial charge in [0.25, 0.3) is 0 Å². The standard InChI is InChI=1S/C14H25N3O/c1-18-12-11-17-10-9-16-14(17)15-8-7-13-5-3-2-4-6-13/h9-10,13H,2-8,11-12H2,1H3,(H,15,16). The molecule has 0 spiro atoms. The smallest absolute Gasteiger partial charge is 0.202 e. The van der Waals surface area contributed by atoms with Crippen molar-refractivity contribution in [1.29, 1.82) is 0 Å². The minimum atomic E-state index is 0.730. The first kappa shape index (κ1) is 13.4. The molecule has 4 nitrogen and oxygen atoms in total. The van der Waals surface area contributed by atoms with Crippen LogP contribution in [0.1, 0.15) is 38.5 Å². The molecule has 0 atom stereocenters. The van der Waals surface area contributed by atoms with Gasteiger partial charge in [-0.2, -0.15) is 0 Å². The number of aromatic nitrogens is 2. The van der Waals surface area contributed by atoms with Crippen LogP contribution in [-0.4, -0.2) is 29.8 Å². The molecule has 0 bridgehead atoms. The summed E-state index contributed by atoms with van der Waals surface area (Å²) in [7, 11) is 1.73. The number of nitrogens with zero attached hydrogens (tertiary/aromatic N) is 2. The van der Waals surface area contributed by atoms with Gasteiger partial charge in [-0.1, -0.05) is 32.1 Å². The van der Waals surface area contributed by atoms with Crippen LogP contribution in [0.2, 0.25) is 0 Å². The second kappa shape index (κ2) is 7.41. The molecule has 0 aliphatic heterocycles. The molecule has 0 saturated heterocycles. The Bertz CT molecular complexity index is 332. The summed E-state index contributed by atoms with van der Waals surface area (Å²) in [5, 5.41) is 3.45. The molecular formula is C14H25N3O. The third-order valence-corrected chi connectivity index (χ3v) is 3.81. The van der Waals surface area contributed by atoms with E-state index in [1.54, 1.807) is 7.11 Å². The summed E-state index contributed by atoms with van der Waals surface area (Å²) in [5.74, 6) is 1.90. The van der Waals surface area contributed by atoms with Crippen molar-refractivity contribution in [1.82, 2.24) is 9.55 Å². The van der Waals surface area contributed by atoms with Crippen LogP contribution < -0.4 is 5.32 Å². The Kier molecular flexibility index (Phi) is 5.52. The fraction of sp³-hybridized carbons (Fsp3) is 0.786. The van der Waals surface area contributed by atoms with Gasteiger partial charge in [0.2, 0.25) is 5.95 Å². The van der Waals surface area contributed by atoms with Crippen molar-refractivity contribution in [3.63, 3.8) is 0 Å². The molecular weight excluding hydrogens is 226 g/mol. The summed E-state index contributed by atoms with van der Waals surface area (Å²) >= 11 is 0. The van der Waals surface area contributed by atoms with E-state index in [0.29, 0.717) is 0 Å². The van der Waals surface area contributed by atoms with Crippen LogP contribution in [0.15, 0.2) is 12.4 Å². The number of methoxy groups -OCH3 is 1. The van der Waals surface area contributed by atoms with Crippen molar-refractivity contribution in [2.75, 3.05) is 25.6 Å². The van der Waals surface area contributed by atoms with E-state index in [9.17, 15) is 0 Å². The highest BCUT2D eigenvalue weighted by atomic mass is 16.5. The molecule has 18 heavy (non-hydrogen) atoms. The van der Waals surface area contributed by atoms with Crippen molar-refractivity contribution in [3.05, 3.63) is 12.4 Å². The molecule has 1 N–H and O–H groups in total. The van der Waals surface area contributed by atoms with Gasteiger partial charge in [0.1, 0.15) is 0 Å². The number of rotatable bonds is 7. The molecule has 1 saturated carbocycles. The molecule has 1 aromatic rings. The summed E-state index contributed by atoms with van der Waals surface area (Å²) in [4.78, 5) is 4.35. The maximum atomic E-state index is 5.09.